The van der Waals surface area contributed by atoms with E-state index in [-0.39, 0.29) is 29.5 Å². The number of nitrogens with zero attached hydrogens (tertiary/aromatic N) is 2. The molecule has 12 heteroatoms. The molecule has 4 rings (SSSR count). The van der Waals surface area contributed by atoms with Gasteiger partial charge in [0.05, 0.1) is 17.2 Å². The lowest BCUT2D eigenvalue weighted by molar-refractivity contribution is -0.153. The van der Waals surface area contributed by atoms with Crippen LogP contribution in [0.3, 0.4) is 0 Å². The van der Waals surface area contributed by atoms with E-state index < -0.39 is 69.7 Å². The number of aliphatic hydroxyl groups excluding tert-OH is 2. The second-order valence-corrected chi connectivity index (χ2v) is 10.6. The number of rotatable bonds is 3. The van der Waals surface area contributed by atoms with Gasteiger partial charge in [-0.3, -0.25) is 24.1 Å². The summed E-state index contributed by atoms with van der Waals surface area (Å²) < 4.78 is 0.419. The number of aromatic hydroxyl groups is 1. The molecule has 11 nitrogen and oxygen atoms in total. The number of fused-ring (bicyclic) bond motifs is 3. The van der Waals surface area contributed by atoms with E-state index in [1.807, 2.05) is 0 Å². The Kier molecular flexibility index (Phi) is 6.05. The van der Waals surface area contributed by atoms with Crippen LogP contribution in [-0.4, -0.2) is 93.4 Å². The zero-order valence-electron chi connectivity index (χ0n) is 20.0. The number of Topliss-reactive ketones (excluding diaryl/α,β-unsaturated/α-hetero) is 2. The van der Waals surface area contributed by atoms with Crippen molar-refractivity contribution in [1.82, 2.24) is 9.80 Å². The quantitative estimate of drug-likeness (QED) is 0.325. The van der Waals surface area contributed by atoms with Crippen molar-refractivity contribution in [2.75, 3.05) is 28.2 Å². The maximum absolute atomic E-state index is 13.8. The van der Waals surface area contributed by atoms with Gasteiger partial charge in [0, 0.05) is 30.1 Å². The van der Waals surface area contributed by atoms with Crippen molar-refractivity contribution in [2.24, 2.45) is 17.6 Å². The van der Waals surface area contributed by atoms with Crippen LogP contribution in [0.1, 0.15) is 27.9 Å². The van der Waals surface area contributed by atoms with Gasteiger partial charge >= 0.3 is 0 Å². The number of amides is 2. The van der Waals surface area contributed by atoms with E-state index in [1.165, 1.54) is 44.1 Å². The largest absolute Gasteiger partial charge is 0.508 e. The normalized spacial score (nSPS) is 27.6. The standard InChI is InChI=1S/C24H26BrN3O8/c1-27(2)16-11-6-8-5-9-12(25)7-10(23(35)28(3)4)17(29)14(9)18(30)13(8)20(32)24(11,36)21(33)15(19(16)31)22(26)34/h7-8,11,16,29-30,33,36H,5-6H2,1-4H3,(H2,26,34)/t8-,11-,16-,24-/m0/s1. The van der Waals surface area contributed by atoms with Crippen molar-refractivity contribution in [1.29, 1.82) is 0 Å². The Hall–Kier alpha value is -3.22. The van der Waals surface area contributed by atoms with Crippen LogP contribution < -0.4 is 5.73 Å². The number of phenols is 1. The average Bonchev–Trinajstić information content (AvgIpc) is 2.77. The third kappa shape index (κ3) is 3.31. The Balaban J connectivity index is 1.99. The number of hydrogen-bond acceptors (Lipinski definition) is 9. The Morgan fingerprint density at radius 1 is 1.14 bits per heavy atom. The molecule has 1 saturated carbocycles. The van der Waals surface area contributed by atoms with Crippen molar-refractivity contribution in [3.63, 3.8) is 0 Å². The Morgan fingerprint density at radius 2 is 1.75 bits per heavy atom. The Morgan fingerprint density at radius 3 is 2.28 bits per heavy atom. The van der Waals surface area contributed by atoms with Crippen molar-refractivity contribution in [3.8, 4) is 5.75 Å². The summed E-state index contributed by atoms with van der Waals surface area (Å²) in [5, 5.41) is 44.6. The molecule has 4 atom stereocenters. The fraction of sp³-hybridized carbons (Fsp3) is 0.417. The molecule has 0 heterocycles. The van der Waals surface area contributed by atoms with Crippen molar-refractivity contribution in [3.05, 3.63) is 44.1 Å². The van der Waals surface area contributed by atoms with Gasteiger partial charge < -0.3 is 31.1 Å². The molecule has 0 spiro atoms. The highest BCUT2D eigenvalue weighted by Gasteiger charge is 2.64. The van der Waals surface area contributed by atoms with Crippen LogP contribution in [-0.2, 0) is 20.8 Å². The lowest BCUT2D eigenvalue weighted by Crippen LogP contribution is -2.65. The third-order valence-corrected chi connectivity index (χ3v) is 8.01. The molecular weight excluding hydrogens is 538 g/mol. The van der Waals surface area contributed by atoms with E-state index in [2.05, 4.69) is 15.9 Å². The number of hydrogen-bond donors (Lipinski definition) is 5. The molecule has 3 aliphatic carbocycles. The molecule has 0 bridgehead atoms. The van der Waals surface area contributed by atoms with E-state index in [0.29, 0.717) is 10.0 Å². The van der Waals surface area contributed by atoms with Gasteiger partial charge in [-0.2, -0.15) is 0 Å². The zero-order valence-corrected chi connectivity index (χ0v) is 21.6. The van der Waals surface area contributed by atoms with Gasteiger partial charge in [0.1, 0.15) is 22.8 Å². The minimum Gasteiger partial charge on any atom is -0.508 e. The average molecular weight is 564 g/mol. The number of likely N-dealkylation sites (N-methyl/N-ethyl adjacent to an activating group) is 1. The lowest BCUT2D eigenvalue weighted by atomic mass is 9.57. The highest BCUT2D eigenvalue weighted by Crippen LogP contribution is 2.53. The van der Waals surface area contributed by atoms with E-state index in [9.17, 15) is 39.6 Å². The minimum atomic E-state index is -2.71. The summed E-state index contributed by atoms with van der Waals surface area (Å²) in [5.74, 6) is -7.97. The van der Waals surface area contributed by atoms with E-state index in [4.69, 9.17) is 5.73 Å². The van der Waals surface area contributed by atoms with E-state index in [0.717, 1.165) is 0 Å². The van der Waals surface area contributed by atoms with Gasteiger partial charge in [0.2, 0.25) is 5.78 Å². The third-order valence-electron chi connectivity index (χ3n) is 7.30. The predicted octanol–water partition coefficient (Wildman–Crippen LogP) is 0.428. The smallest absolute Gasteiger partial charge is 0.257 e. The Bertz CT molecular complexity index is 1310. The number of phenolic OH excluding ortho intramolecular Hbond substituents is 1. The first-order valence-corrected chi connectivity index (χ1v) is 11.9. The first-order chi connectivity index (χ1) is 16.7. The topological polar surface area (TPSA) is 182 Å². The summed E-state index contributed by atoms with van der Waals surface area (Å²) in [4.78, 5) is 54.2. The molecule has 2 amide bonds. The molecule has 0 radical (unpaired) electrons. The highest BCUT2D eigenvalue weighted by molar-refractivity contribution is 9.10. The van der Waals surface area contributed by atoms with Crippen molar-refractivity contribution in [2.45, 2.75) is 24.5 Å². The van der Waals surface area contributed by atoms with Crippen molar-refractivity contribution < 1.29 is 39.6 Å². The molecule has 3 aliphatic rings. The number of halogens is 1. The molecule has 192 valence electrons. The van der Waals surface area contributed by atoms with Gasteiger partial charge in [-0.25, -0.2) is 0 Å². The number of carbonyl (C=O) groups is 4. The summed E-state index contributed by atoms with van der Waals surface area (Å²) in [6.45, 7) is 0. The van der Waals surface area contributed by atoms with E-state index in [1.54, 1.807) is 0 Å². The lowest BCUT2D eigenvalue weighted by Gasteiger charge is -2.50. The SMILES string of the molecule is CN(C)C(=O)c1cc(Br)c2c(c1O)C(O)=C1C(=O)[C@]3(O)C(O)=C(C(N)=O)C(=O)[C@@H](N(C)C)[C@@H]3C[C@@H]1C2. The molecule has 0 aromatic heterocycles. The summed E-state index contributed by atoms with van der Waals surface area (Å²) in [6.07, 6.45) is 0.108. The summed E-state index contributed by atoms with van der Waals surface area (Å²) in [5.41, 5.74) is 1.62. The highest BCUT2D eigenvalue weighted by atomic mass is 79.9. The summed E-state index contributed by atoms with van der Waals surface area (Å²) in [7, 11) is 6.04. The Labute approximate surface area is 214 Å². The van der Waals surface area contributed by atoms with Crippen LogP contribution in [0, 0.1) is 11.8 Å². The summed E-state index contributed by atoms with van der Waals surface area (Å²) >= 11 is 3.39. The first kappa shape index (κ1) is 25.9. The molecule has 0 saturated heterocycles. The molecule has 0 unspecified atom stereocenters. The van der Waals surface area contributed by atoms with Crippen LogP contribution in [0.4, 0.5) is 0 Å². The van der Waals surface area contributed by atoms with Gasteiger partial charge in [0.25, 0.3) is 11.8 Å². The molecule has 36 heavy (non-hydrogen) atoms. The second-order valence-electron chi connectivity index (χ2n) is 9.77. The van der Waals surface area contributed by atoms with Crippen LogP contribution in [0.15, 0.2) is 27.4 Å². The molecule has 1 fully saturated rings. The number of benzene rings is 1. The number of primary amides is 1. The fourth-order valence-corrected chi connectivity index (χ4v) is 6.26. The number of ketones is 2. The fourth-order valence-electron chi connectivity index (χ4n) is 5.67. The van der Waals surface area contributed by atoms with Gasteiger partial charge in [-0.05, 0) is 44.5 Å². The molecular formula is C24H26BrN3O8. The van der Waals surface area contributed by atoms with Crippen LogP contribution >= 0.6 is 15.9 Å². The van der Waals surface area contributed by atoms with E-state index >= 15 is 0 Å². The molecule has 0 aliphatic heterocycles. The minimum absolute atomic E-state index is 0.0165. The maximum Gasteiger partial charge on any atom is 0.257 e. The molecule has 1 aromatic rings. The van der Waals surface area contributed by atoms with Gasteiger partial charge in [-0.1, -0.05) is 15.9 Å². The number of carbonyl (C=O) groups excluding carboxylic acids is 4. The number of nitrogens with two attached hydrogens (primary N) is 1. The maximum atomic E-state index is 13.8. The first-order valence-electron chi connectivity index (χ1n) is 11.1. The molecule has 6 N–H and O–H groups in total. The van der Waals surface area contributed by atoms with Crippen LogP contribution in [0.5, 0.6) is 5.75 Å². The van der Waals surface area contributed by atoms with Crippen LogP contribution in [0.2, 0.25) is 0 Å². The predicted molar refractivity (Wildman–Crippen MR) is 130 cm³/mol. The second kappa shape index (κ2) is 8.43. The molecule has 1 aromatic carbocycles. The number of aliphatic hydroxyl groups is 3. The van der Waals surface area contributed by atoms with Crippen LogP contribution in [0.25, 0.3) is 5.76 Å². The van der Waals surface area contributed by atoms with Gasteiger partial charge in [0.15, 0.2) is 11.4 Å². The zero-order chi connectivity index (χ0) is 27.0. The monoisotopic (exact) mass is 563 g/mol. The van der Waals surface area contributed by atoms with Crippen molar-refractivity contribution >= 4 is 45.1 Å². The summed E-state index contributed by atoms with van der Waals surface area (Å²) in [6, 6.07) is 0.273. The van der Waals surface area contributed by atoms with Gasteiger partial charge in [-0.15, -0.1) is 0 Å².